The van der Waals surface area contributed by atoms with Crippen LogP contribution in [0.4, 0.5) is 11.4 Å². The molecule has 2 aromatic rings. The number of thiocarbonyl (C=S) groups is 1. The molecule has 6 nitrogen and oxygen atoms in total. The molecule has 0 aliphatic rings. The van der Waals surface area contributed by atoms with Crippen LogP contribution >= 0.6 is 12.2 Å². The predicted molar refractivity (Wildman–Crippen MR) is 107 cm³/mol. The third-order valence-corrected chi connectivity index (χ3v) is 3.35. The molecule has 0 saturated heterocycles. The molecule has 3 N–H and O–H groups in total. The zero-order valence-corrected chi connectivity index (χ0v) is 14.8. The maximum Gasteiger partial charge on any atom is 0.191 e. The Kier molecular flexibility index (Phi) is 6.63. The molecule has 0 aromatic heterocycles. The van der Waals surface area contributed by atoms with Crippen LogP contribution in [0.2, 0.25) is 0 Å². The first-order valence-corrected chi connectivity index (χ1v) is 7.96. The molecule has 25 heavy (non-hydrogen) atoms. The first-order chi connectivity index (χ1) is 12.1. The van der Waals surface area contributed by atoms with Gasteiger partial charge in [0, 0.05) is 5.69 Å². The molecule has 0 fully saturated rings. The van der Waals surface area contributed by atoms with E-state index < -0.39 is 0 Å². The molecule has 0 amide bonds. The summed E-state index contributed by atoms with van der Waals surface area (Å²) in [7, 11) is 0. The first-order valence-electron chi connectivity index (χ1n) is 7.55. The molecule has 0 radical (unpaired) electrons. The van der Waals surface area contributed by atoms with Crippen LogP contribution in [-0.2, 0) is 0 Å². The Labute approximate surface area is 152 Å². The third-order valence-electron chi connectivity index (χ3n) is 3.15. The average molecular weight is 350 g/mol. The fourth-order valence-electron chi connectivity index (χ4n) is 1.80. The zero-order valence-electron chi connectivity index (χ0n) is 13.9. The van der Waals surface area contributed by atoms with Gasteiger partial charge in [0.1, 0.15) is 6.07 Å². The summed E-state index contributed by atoms with van der Waals surface area (Å²) < 4.78 is 0. The molecule has 0 unspecified atom stereocenters. The highest BCUT2D eigenvalue weighted by Crippen LogP contribution is 2.08. The fourth-order valence-corrected chi connectivity index (χ4v) is 1.97. The molecule has 0 bridgehead atoms. The maximum atomic E-state index is 9.22. The van der Waals surface area contributed by atoms with E-state index in [-0.39, 0.29) is 5.71 Å². The number of hydrogen-bond acceptors (Lipinski definition) is 5. The van der Waals surface area contributed by atoms with Gasteiger partial charge in [-0.1, -0.05) is 35.9 Å². The van der Waals surface area contributed by atoms with Gasteiger partial charge in [0.05, 0.1) is 11.4 Å². The van der Waals surface area contributed by atoms with Crippen molar-refractivity contribution in [2.45, 2.75) is 13.8 Å². The van der Waals surface area contributed by atoms with E-state index in [0.29, 0.717) is 10.8 Å². The van der Waals surface area contributed by atoms with E-state index in [1.165, 1.54) is 5.56 Å². The van der Waals surface area contributed by atoms with Crippen LogP contribution in [0, 0.1) is 18.3 Å². The highest BCUT2D eigenvalue weighted by Gasteiger charge is 2.04. The monoisotopic (exact) mass is 350 g/mol. The van der Waals surface area contributed by atoms with E-state index in [0.717, 1.165) is 11.4 Å². The van der Waals surface area contributed by atoms with E-state index in [1.807, 2.05) is 67.6 Å². The normalized spacial score (nSPS) is 11.4. The topological polar surface area (TPSA) is 84.6 Å². The smallest absolute Gasteiger partial charge is 0.191 e. The summed E-state index contributed by atoms with van der Waals surface area (Å²) in [4.78, 5) is 0. The van der Waals surface area contributed by atoms with Gasteiger partial charge in [0.25, 0.3) is 0 Å². The van der Waals surface area contributed by atoms with Crippen molar-refractivity contribution < 1.29 is 0 Å². The molecule has 2 aromatic carbocycles. The van der Waals surface area contributed by atoms with E-state index in [4.69, 9.17) is 12.2 Å². The van der Waals surface area contributed by atoms with Crippen molar-refractivity contribution in [1.29, 1.82) is 5.26 Å². The summed E-state index contributed by atoms with van der Waals surface area (Å²) in [5, 5.41) is 20.7. The van der Waals surface area contributed by atoms with Gasteiger partial charge in [-0.3, -0.25) is 10.9 Å². The summed E-state index contributed by atoms with van der Waals surface area (Å²) in [6, 6.07) is 19.2. The quantitative estimate of drug-likeness (QED) is 0.435. The summed E-state index contributed by atoms with van der Waals surface area (Å²) in [5.74, 6) is 0. The molecular formula is C18H18N6S. The lowest BCUT2D eigenvalue weighted by molar-refractivity contribution is 1.04. The predicted octanol–water partition coefficient (Wildman–Crippen LogP) is 3.65. The third kappa shape index (κ3) is 6.05. The Balaban J connectivity index is 1.95. The number of nitrogens with zero attached hydrogens (tertiary/aromatic N) is 3. The van der Waals surface area contributed by atoms with Crippen LogP contribution in [-0.4, -0.2) is 16.5 Å². The number of hydrogen-bond donors (Lipinski definition) is 3. The molecule has 0 spiro atoms. The van der Waals surface area contributed by atoms with Gasteiger partial charge >= 0.3 is 0 Å². The second-order valence-electron chi connectivity index (χ2n) is 5.18. The number of hydrazone groups is 2. The van der Waals surface area contributed by atoms with Crippen molar-refractivity contribution in [2.24, 2.45) is 10.2 Å². The number of anilines is 2. The number of para-hydroxylation sites is 1. The standard InChI is InChI=1S/C18H18N6S/c1-13-8-10-15(11-9-13)20-18(25)24-21-14(2)17(12-19)23-22-16-6-4-3-5-7-16/h3-11,22H,1-2H3,(H2,20,24,25)/b21-14+,23-17+. The van der Waals surface area contributed by atoms with E-state index in [2.05, 4.69) is 26.4 Å². The van der Waals surface area contributed by atoms with Crippen LogP contribution in [0.5, 0.6) is 0 Å². The Bertz CT molecular complexity index is 819. The van der Waals surface area contributed by atoms with Crippen molar-refractivity contribution >= 4 is 40.1 Å². The van der Waals surface area contributed by atoms with Crippen molar-refractivity contribution in [3.63, 3.8) is 0 Å². The van der Waals surface area contributed by atoms with Crippen LogP contribution in [0.1, 0.15) is 12.5 Å². The molecule has 2 rings (SSSR count). The Morgan fingerprint density at radius 1 is 1.00 bits per heavy atom. The summed E-state index contributed by atoms with van der Waals surface area (Å²) in [5.41, 5.74) is 8.91. The van der Waals surface area contributed by atoms with Crippen molar-refractivity contribution in [2.75, 3.05) is 10.7 Å². The average Bonchev–Trinajstić information content (AvgIpc) is 2.63. The largest absolute Gasteiger partial charge is 0.331 e. The Morgan fingerprint density at radius 2 is 1.68 bits per heavy atom. The zero-order chi connectivity index (χ0) is 18.1. The second-order valence-corrected chi connectivity index (χ2v) is 5.59. The lowest BCUT2D eigenvalue weighted by Crippen LogP contribution is -2.26. The van der Waals surface area contributed by atoms with E-state index >= 15 is 0 Å². The number of nitriles is 1. The SMILES string of the molecule is CC(=N\NC(=S)Nc1ccc(C)cc1)/C(C#N)=N/Nc1ccccc1. The number of aryl methyl sites for hydroxylation is 1. The van der Waals surface area contributed by atoms with Crippen LogP contribution < -0.4 is 16.2 Å². The first kappa shape index (κ1) is 18.1. The van der Waals surface area contributed by atoms with Gasteiger partial charge < -0.3 is 5.32 Å². The second kappa shape index (κ2) is 9.15. The van der Waals surface area contributed by atoms with E-state index in [1.54, 1.807) is 6.92 Å². The summed E-state index contributed by atoms with van der Waals surface area (Å²) >= 11 is 5.18. The van der Waals surface area contributed by atoms with E-state index in [9.17, 15) is 5.26 Å². The molecule has 0 atom stereocenters. The molecular weight excluding hydrogens is 332 g/mol. The highest BCUT2D eigenvalue weighted by atomic mass is 32.1. The van der Waals surface area contributed by atoms with Crippen LogP contribution in [0.15, 0.2) is 64.8 Å². The molecule has 0 heterocycles. The number of nitrogens with one attached hydrogen (secondary N) is 3. The van der Waals surface area contributed by atoms with Crippen molar-refractivity contribution in [3.05, 3.63) is 60.2 Å². The minimum atomic E-state index is 0.162. The molecule has 7 heteroatoms. The van der Waals surface area contributed by atoms with Crippen LogP contribution in [0.3, 0.4) is 0 Å². The minimum absolute atomic E-state index is 0.162. The van der Waals surface area contributed by atoms with Gasteiger partial charge in [-0.25, -0.2) is 0 Å². The molecule has 126 valence electrons. The fraction of sp³-hybridized carbons (Fsp3) is 0.111. The van der Waals surface area contributed by atoms with Gasteiger partial charge in [0.2, 0.25) is 0 Å². The lowest BCUT2D eigenvalue weighted by atomic mass is 10.2. The Morgan fingerprint density at radius 3 is 2.32 bits per heavy atom. The molecule has 0 saturated carbocycles. The number of benzene rings is 2. The minimum Gasteiger partial charge on any atom is -0.331 e. The molecule has 0 aliphatic carbocycles. The summed E-state index contributed by atoms with van der Waals surface area (Å²) in [6.45, 7) is 3.69. The lowest BCUT2D eigenvalue weighted by Gasteiger charge is -2.08. The van der Waals surface area contributed by atoms with Gasteiger partial charge in [-0.15, -0.1) is 0 Å². The molecule has 0 aliphatic heterocycles. The van der Waals surface area contributed by atoms with Gasteiger partial charge in [-0.05, 0) is 50.3 Å². The summed E-state index contributed by atoms with van der Waals surface area (Å²) in [6.07, 6.45) is 0. The highest BCUT2D eigenvalue weighted by molar-refractivity contribution is 7.80. The van der Waals surface area contributed by atoms with Crippen molar-refractivity contribution in [3.8, 4) is 6.07 Å². The maximum absolute atomic E-state index is 9.22. The van der Waals surface area contributed by atoms with Crippen molar-refractivity contribution in [1.82, 2.24) is 5.43 Å². The van der Waals surface area contributed by atoms with Gasteiger partial charge in [0.15, 0.2) is 10.8 Å². The Hall–Kier alpha value is -3.24. The number of rotatable bonds is 5. The van der Waals surface area contributed by atoms with Gasteiger partial charge in [-0.2, -0.15) is 15.5 Å². The van der Waals surface area contributed by atoms with Crippen LogP contribution in [0.25, 0.3) is 0 Å².